The second-order valence-corrected chi connectivity index (χ2v) is 10.2. The van der Waals surface area contributed by atoms with Crippen LogP contribution in [-0.4, -0.2) is 29.4 Å². The van der Waals surface area contributed by atoms with E-state index >= 15 is 0 Å². The Labute approximate surface area is 191 Å². The molecule has 0 saturated carbocycles. The topological polar surface area (TPSA) is 64.8 Å². The second kappa shape index (κ2) is 8.38. The number of rotatable bonds is 5. The number of nitrogens with zero attached hydrogens (tertiary/aromatic N) is 3. The van der Waals surface area contributed by atoms with E-state index in [2.05, 4.69) is 10.1 Å². The van der Waals surface area contributed by atoms with E-state index in [0.717, 1.165) is 45.3 Å². The van der Waals surface area contributed by atoms with Gasteiger partial charge in [0.2, 0.25) is 0 Å². The number of aromatic nitrogens is 3. The molecule has 0 amide bonds. The molecule has 2 heterocycles. The van der Waals surface area contributed by atoms with E-state index in [9.17, 15) is 26.0 Å². The molecule has 0 aliphatic carbocycles. The lowest BCUT2D eigenvalue weighted by Gasteiger charge is -2.12. The van der Waals surface area contributed by atoms with Gasteiger partial charge >= 0.3 is 6.18 Å². The first-order valence-electron chi connectivity index (χ1n) is 9.69. The molecular weight excluding hydrogens is 478 g/mol. The van der Waals surface area contributed by atoms with Crippen LogP contribution >= 0.6 is 11.3 Å². The van der Waals surface area contributed by atoms with Crippen LogP contribution < -0.4 is 0 Å². The van der Waals surface area contributed by atoms with Crippen molar-refractivity contribution in [3.05, 3.63) is 71.1 Å². The first-order valence-corrected chi connectivity index (χ1v) is 12.5. The van der Waals surface area contributed by atoms with Gasteiger partial charge in [0.25, 0.3) is 0 Å². The SMILES string of the molecule is CCc1cc(-c2cc(C(F)(F)F)nn2-c2ccc(S(C)(=O)=O)c(F)c2)ccc1-c1nccs1. The van der Waals surface area contributed by atoms with Crippen LogP contribution in [0.2, 0.25) is 0 Å². The summed E-state index contributed by atoms with van der Waals surface area (Å²) in [4.78, 5) is 3.75. The van der Waals surface area contributed by atoms with Gasteiger partial charge in [0.1, 0.15) is 15.7 Å². The Hall–Kier alpha value is -3.05. The summed E-state index contributed by atoms with van der Waals surface area (Å²) >= 11 is 1.45. The lowest BCUT2D eigenvalue weighted by Crippen LogP contribution is -2.08. The van der Waals surface area contributed by atoms with Crippen molar-refractivity contribution in [2.75, 3.05) is 6.26 Å². The van der Waals surface area contributed by atoms with Crippen molar-refractivity contribution in [2.24, 2.45) is 0 Å². The second-order valence-electron chi connectivity index (χ2n) is 7.27. The number of thiazole rings is 1. The van der Waals surface area contributed by atoms with E-state index in [0.29, 0.717) is 12.0 Å². The molecule has 5 nitrogen and oxygen atoms in total. The average Bonchev–Trinajstić information content (AvgIpc) is 3.42. The van der Waals surface area contributed by atoms with E-state index in [1.54, 1.807) is 24.4 Å². The quantitative estimate of drug-likeness (QED) is 0.329. The zero-order valence-electron chi connectivity index (χ0n) is 17.4. The number of benzene rings is 2. The molecule has 0 spiro atoms. The summed E-state index contributed by atoms with van der Waals surface area (Å²) in [5.41, 5.74) is 1.11. The van der Waals surface area contributed by atoms with Gasteiger partial charge in [0.15, 0.2) is 15.5 Å². The molecule has 0 radical (unpaired) electrons. The zero-order chi connectivity index (χ0) is 24.0. The molecule has 0 aliphatic heterocycles. The Kier molecular flexibility index (Phi) is 5.87. The number of halogens is 4. The monoisotopic (exact) mass is 495 g/mol. The van der Waals surface area contributed by atoms with Crippen LogP contribution in [-0.2, 0) is 22.4 Å². The van der Waals surface area contributed by atoms with E-state index in [1.165, 1.54) is 17.4 Å². The predicted octanol–water partition coefficient (Wildman–Crippen LogP) is 5.79. The molecule has 0 N–H and O–H groups in total. The van der Waals surface area contributed by atoms with Crippen molar-refractivity contribution in [2.45, 2.75) is 24.4 Å². The van der Waals surface area contributed by atoms with E-state index in [4.69, 9.17) is 0 Å². The van der Waals surface area contributed by atoms with Gasteiger partial charge in [-0.05, 0) is 36.2 Å². The normalized spacial score (nSPS) is 12.3. The van der Waals surface area contributed by atoms with Gasteiger partial charge in [-0.1, -0.05) is 19.1 Å². The number of sulfone groups is 1. The molecule has 33 heavy (non-hydrogen) atoms. The highest BCUT2D eigenvalue weighted by Gasteiger charge is 2.35. The molecule has 0 unspecified atom stereocenters. The number of aryl methyl sites for hydroxylation is 1. The van der Waals surface area contributed by atoms with Crippen LogP contribution in [0.1, 0.15) is 18.2 Å². The van der Waals surface area contributed by atoms with Gasteiger partial charge in [-0.15, -0.1) is 11.3 Å². The maximum atomic E-state index is 14.5. The van der Waals surface area contributed by atoms with E-state index < -0.39 is 32.4 Å². The third-order valence-corrected chi connectivity index (χ3v) is 6.94. The summed E-state index contributed by atoms with van der Waals surface area (Å²) in [7, 11) is -3.84. The fraction of sp³-hybridized carbons (Fsp3) is 0.182. The lowest BCUT2D eigenvalue weighted by molar-refractivity contribution is -0.141. The van der Waals surface area contributed by atoms with E-state index in [-0.39, 0.29) is 11.4 Å². The molecule has 0 atom stereocenters. The molecule has 0 saturated heterocycles. The third-order valence-electron chi connectivity index (χ3n) is 5.00. The molecule has 4 aromatic rings. The third kappa shape index (κ3) is 4.55. The van der Waals surface area contributed by atoms with Crippen LogP contribution in [0.25, 0.3) is 27.5 Å². The van der Waals surface area contributed by atoms with Gasteiger partial charge in [-0.25, -0.2) is 22.5 Å². The van der Waals surface area contributed by atoms with Gasteiger partial charge in [0, 0.05) is 35.0 Å². The molecule has 0 aliphatic rings. The minimum Gasteiger partial charge on any atom is -0.245 e. The minimum absolute atomic E-state index is 0.0348. The van der Waals surface area contributed by atoms with Crippen molar-refractivity contribution in [1.29, 1.82) is 0 Å². The smallest absolute Gasteiger partial charge is 0.245 e. The zero-order valence-corrected chi connectivity index (χ0v) is 19.0. The van der Waals surface area contributed by atoms with Crippen LogP contribution in [0.3, 0.4) is 0 Å². The van der Waals surface area contributed by atoms with Crippen molar-refractivity contribution in [1.82, 2.24) is 14.8 Å². The highest BCUT2D eigenvalue weighted by atomic mass is 32.2. The molecule has 4 rings (SSSR count). The molecule has 2 aromatic carbocycles. The number of alkyl halides is 3. The molecular formula is C22H17F4N3O2S2. The van der Waals surface area contributed by atoms with E-state index in [1.807, 2.05) is 12.3 Å². The summed E-state index contributed by atoms with van der Waals surface area (Å²) in [6, 6.07) is 9.18. The number of hydrogen-bond acceptors (Lipinski definition) is 5. The molecule has 0 bridgehead atoms. The summed E-state index contributed by atoms with van der Waals surface area (Å²) in [5, 5.41) is 6.28. The van der Waals surface area contributed by atoms with Gasteiger partial charge in [-0.2, -0.15) is 18.3 Å². The molecule has 172 valence electrons. The number of hydrogen-bond donors (Lipinski definition) is 0. The minimum atomic E-state index is -4.72. The lowest BCUT2D eigenvalue weighted by atomic mass is 10.00. The van der Waals surface area contributed by atoms with Gasteiger partial charge in [-0.3, -0.25) is 0 Å². The van der Waals surface area contributed by atoms with Crippen LogP contribution in [0, 0.1) is 5.82 Å². The summed E-state index contributed by atoms with van der Waals surface area (Å²) in [5.74, 6) is -1.07. The fourth-order valence-corrected chi connectivity index (χ4v) is 4.88. The van der Waals surface area contributed by atoms with Crippen LogP contribution in [0.4, 0.5) is 17.6 Å². The van der Waals surface area contributed by atoms with Gasteiger partial charge in [0.05, 0.1) is 11.4 Å². The van der Waals surface area contributed by atoms with Crippen molar-refractivity contribution in [3.8, 4) is 27.5 Å². The van der Waals surface area contributed by atoms with Crippen molar-refractivity contribution < 1.29 is 26.0 Å². The largest absolute Gasteiger partial charge is 0.435 e. The standard InChI is InChI=1S/C22H17F4N3O2S2/c1-3-13-10-14(4-6-16(13)21-27-8-9-32-21)18-12-20(22(24,25)26)28-29(18)15-5-7-19(17(23)11-15)33(2,30)31/h4-12H,3H2,1-2H3. The Morgan fingerprint density at radius 1 is 1.09 bits per heavy atom. The summed E-state index contributed by atoms with van der Waals surface area (Å²) in [6.45, 7) is 1.92. The fourth-order valence-electron chi connectivity index (χ4n) is 3.45. The summed E-state index contributed by atoms with van der Waals surface area (Å²) < 4.78 is 79.3. The summed E-state index contributed by atoms with van der Waals surface area (Å²) in [6.07, 6.45) is -1.59. The maximum absolute atomic E-state index is 14.5. The van der Waals surface area contributed by atoms with Gasteiger partial charge < -0.3 is 0 Å². The highest BCUT2D eigenvalue weighted by molar-refractivity contribution is 7.90. The van der Waals surface area contributed by atoms with Crippen LogP contribution in [0.15, 0.2) is 58.9 Å². The maximum Gasteiger partial charge on any atom is 0.435 e. The average molecular weight is 496 g/mol. The first kappa shape index (κ1) is 23.1. The Morgan fingerprint density at radius 2 is 1.85 bits per heavy atom. The predicted molar refractivity (Wildman–Crippen MR) is 118 cm³/mol. The Morgan fingerprint density at radius 3 is 2.42 bits per heavy atom. The molecule has 0 fully saturated rings. The van der Waals surface area contributed by atoms with Crippen molar-refractivity contribution >= 4 is 21.2 Å². The van der Waals surface area contributed by atoms with Crippen molar-refractivity contribution in [3.63, 3.8) is 0 Å². The highest BCUT2D eigenvalue weighted by Crippen LogP contribution is 2.36. The molecule has 11 heteroatoms. The Bertz CT molecular complexity index is 1430. The Balaban J connectivity index is 1.90. The molecule has 2 aromatic heterocycles. The van der Waals surface area contributed by atoms with Crippen LogP contribution in [0.5, 0.6) is 0 Å². The first-order chi connectivity index (χ1) is 15.5.